The summed E-state index contributed by atoms with van der Waals surface area (Å²) in [4.78, 5) is 4.57. The molecule has 1 atom stereocenters. The molecular weight excluding hydrogens is 202 g/mol. The maximum absolute atomic E-state index is 5.61. The van der Waals surface area contributed by atoms with Gasteiger partial charge in [-0.25, -0.2) is 4.99 Å². The van der Waals surface area contributed by atoms with Crippen molar-refractivity contribution in [3.63, 3.8) is 0 Å². The number of rotatable bonds is 3. The van der Waals surface area contributed by atoms with Crippen molar-refractivity contribution < 1.29 is 9.47 Å². The number of benzene rings is 1. The van der Waals surface area contributed by atoms with Gasteiger partial charge in [0.2, 0.25) is 5.90 Å². The van der Waals surface area contributed by atoms with Gasteiger partial charge in [0.15, 0.2) is 0 Å². The van der Waals surface area contributed by atoms with Crippen LogP contribution in [0, 0.1) is 5.92 Å². The molecule has 1 aromatic rings. The molecule has 1 aromatic carbocycles. The molecule has 0 aliphatic carbocycles. The summed E-state index contributed by atoms with van der Waals surface area (Å²) in [5.74, 6) is 2.08. The van der Waals surface area contributed by atoms with Gasteiger partial charge in [-0.1, -0.05) is 19.9 Å². The van der Waals surface area contributed by atoms with Crippen molar-refractivity contribution in [2.45, 2.75) is 19.9 Å². The highest BCUT2D eigenvalue weighted by Crippen LogP contribution is 2.20. The number of ether oxygens (including phenoxy) is 2. The fourth-order valence-corrected chi connectivity index (χ4v) is 1.64. The van der Waals surface area contributed by atoms with Crippen LogP contribution >= 0.6 is 0 Å². The van der Waals surface area contributed by atoms with Gasteiger partial charge < -0.3 is 9.47 Å². The second-order valence-electron chi connectivity index (χ2n) is 4.29. The van der Waals surface area contributed by atoms with Crippen molar-refractivity contribution in [1.29, 1.82) is 0 Å². The molecule has 86 valence electrons. The first-order valence-corrected chi connectivity index (χ1v) is 5.55. The van der Waals surface area contributed by atoms with Crippen molar-refractivity contribution in [3.05, 3.63) is 29.8 Å². The molecule has 0 saturated carbocycles. The number of aliphatic imine (C=N–C) groups is 1. The molecular formula is C13H17NO2. The summed E-state index contributed by atoms with van der Waals surface area (Å²) < 4.78 is 10.8. The average Bonchev–Trinajstić information content (AvgIpc) is 2.78. The van der Waals surface area contributed by atoms with Gasteiger partial charge in [0, 0.05) is 5.56 Å². The lowest BCUT2D eigenvalue weighted by Gasteiger charge is -2.06. The van der Waals surface area contributed by atoms with Crippen LogP contribution in [0.3, 0.4) is 0 Å². The lowest BCUT2D eigenvalue weighted by Crippen LogP contribution is -2.13. The van der Waals surface area contributed by atoms with Gasteiger partial charge in [0.25, 0.3) is 0 Å². The summed E-state index contributed by atoms with van der Waals surface area (Å²) in [6.45, 7) is 5.00. The summed E-state index contributed by atoms with van der Waals surface area (Å²) in [5.41, 5.74) is 0.988. The third kappa shape index (κ3) is 2.18. The Morgan fingerprint density at radius 2 is 2.25 bits per heavy atom. The second kappa shape index (κ2) is 4.56. The van der Waals surface area contributed by atoms with Gasteiger partial charge in [-0.05, 0) is 24.1 Å². The van der Waals surface area contributed by atoms with Gasteiger partial charge in [-0.3, -0.25) is 0 Å². The molecule has 16 heavy (non-hydrogen) atoms. The fraction of sp³-hybridized carbons (Fsp3) is 0.462. The largest absolute Gasteiger partial charge is 0.497 e. The molecule has 0 fully saturated rings. The normalized spacial score (nSPS) is 19.5. The zero-order valence-electron chi connectivity index (χ0n) is 9.93. The molecule has 0 saturated heterocycles. The van der Waals surface area contributed by atoms with E-state index in [2.05, 4.69) is 18.8 Å². The van der Waals surface area contributed by atoms with Gasteiger partial charge in [-0.2, -0.15) is 0 Å². The van der Waals surface area contributed by atoms with Crippen molar-refractivity contribution in [1.82, 2.24) is 0 Å². The summed E-state index contributed by atoms with van der Waals surface area (Å²) in [6.07, 6.45) is 0. The number of hydrogen-bond donors (Lipinski definition) is 0. The summed E-state index contributed by atoms with van der Waals surface area (Å²) in [5, 5.41) is 0. The van der Waals surface area contributed by atoms with E-state index in [9.17, 15) is 0 Å². The van der Waals surface area contributed by atoms with Gasteiger partial charge in [-0.15, -0.1) is 0 Å². The Kier molecular flexibility index (Phi) is 3.13. The van der Waals surface area contributed by atoms with Gasteiger partial charge in [0.05, 0.1) is 13.2 Å². The molecule has 0 spiro atoms. The number of nitrogens with zero attached hydrogens (tertiary/aromatic N) is 1. The van der Waals surface area contributed by atoms with E-state index in [4.69, 9.17) is 9.47 Å². The molecule has 0 N–H and O–H groups in total. The second-order valence-corrected chi connectivity index (χ2v) is 4.29. The Hall–Kier alpha value is -1.51. The molecule has 0 bridgehead atoms. The highest BCUT2D eigenvalue weighted by molar-refractivity contribution is 5.95. The maximum Gasteiger partial charge on any atom is 0.216 e. The third-order valence-corrected chi connectivity index (χ3v) is 2.76. The van der Waals surface area contributed by atoms with Crippen LogP contribution < -0.4 is 4.74 Å². The van der Waals surface area contributed by atoms with Crippen LogP contribution in [0.1, 0.15) is 19.4 Å². The van der Waals surface area contributed by atoms with E-state index in [1.54, 1.807) is 7.11 Å². The Balaban J connectivity index is 2.21. The molecule has 1 aliphatic rings. The Morgan fingerprint density at radius 1 is 1.44 bits per heavy atom. The monoisotopic (exact) mass is 219 g/mol. The van der Waals surface area contributed by atoms with E-state index < -0.39 is 0 Å². The Morgan fingerprint density at radius 3 is 2.88 bits per heavy atom. The predicted octanol–water partition coefficient (Wildman–Crippen LogP) is 2.50. The highest BCUT2D eigenvalue weighted by Gasteiger charge is 2.22. The average molecular weight is 219 g/mol. The lowest BCUT2D eigenvalue weighted by molar-refractivity contribution is 0.291. The molecule has 2 rings (SSSR count). The zero-order valence-corrected chi connectivity index (χ0v) is 9.93. The van der Waals surface area contributed by atoms with Crippen LogP contribution in [0.4, 0.5) is 0 Å². The van der Waals surface area contributed by atoms with Crippen molar-refractivity contribution in [2.24, 2.45) is 10.9 Å². The van der Waals surface area contributed by atoms with E-state index >= 15 is 0 Å². The molecule has 0 aromatic heterocycles. The maximum atomic E-state index is 5.61. The minimum absolute atomic E-state index is 0.279. The van der Waals surface area contributed by atoms with Crippen LogP contribution in [0.15, 0.2) is 29.3 Å². The van der Waals surface area contributed by atoms with Crippen LogP contribution in [0.25, 0.3) is 0 Å². The highest BCUT2D eigenvalue weighted by atomic mass is 16.5. The van der Waals surface area contributed by atoms with Crippen molar-refractivity contribution in [2.75, 3.05) is 13.7 Å². The van der Waals surface area contributed by atoms with Crippen LogP contribution in [0.2, 0.25) is 0 Å². The predicted molar refractivity (Wildman–Crippen MR) is 64.1 cm³/mol. The molecule has 3 nitrogen and oxygen atoms in total. The third-order valence-electron chi connectivity index (χ3n) is 2.76. The lowest BCUT2D eigenvalue weighted by atomic mass is 10.1. The van der Waals surface area contributed by atoms with Crippen LogP contribution in [-0.2, 0) is 4.74 Å². The van der Waals surface area contributed by atoms with Gasteiger partial charge >= 0.3 is 0 Å². The number of methoxy groups -OCH3 is 1. The smallest absolute Gasteiger partial charge is 0.216 e. The molecule has 1 heterocycles. The molecule has 1 aliphatic heterocycles. The first-order chi connectivity index (χ1) is 7.70. The van der Waals surface area contributed by atoms with Crippen molar-refractivity contribution in [3.8, 4) is 5.75 Å². The fourth-order valence-electron chi connectivity index (χ4n) is 1.64. The molecule has 0 radical (unpaired) electrons. The van der Waals surface area contributed by atoms with E-state index in [0.717, 1.165) is 17.2 Å². The molecule has 0 unspecified atom stereocenters. The van der Waals surface area contributed by atoms with E-state index in [1.807, 2.05) is 24.3 Å². The minimum atomic E-state index is 0.279. The van der Waals surface area contributed by atoms with Crippen LogP contribution in [-0.4, -0.2) is 25.7 Å². The standard InChI is InChI=1S/C13H17NO2/c1-9(2)12-8-16-13(14-12)10-5-4-6-11(7-10)15-3/h4-7,9,12H,8H2,1-3H3/t12-/m0/s1. The van der Waals surface area contributed by atoms with Crippen LogP contribution in [0.5, 0.6) is 5.75 Å². The topological polar surface area (TPSA) is 30.8 Å². The Labute approximate surface area is 96.1 Å². The quantitative estimate of drug-likeness (QED) is 0.782. The minimum Gasteiger partial charge on any atom is -0.497 e. The zero-order chi connectivity index (χ0) is 11.5. The molecule has 0 amide bonds. The van der Waals surface area contributed by atoms with E-state index in [1.165, 1.54) is 0 Å². The first-order valence-electron chi connectivity index (χ1n) is 5.55. The van der Waals surface area contributed by atoms with E-state index in [-0.39, 0.29) is 6.04 Å². The summed E-state index contributed by atoms with van der Waals surface area (Å²) in [7, 11) is 1.66. The summed E-state index contributed by atoms with van der Waals surface area (Å²) >= 11 is 0. The first kappa shape index (κ1) is 11.0. The SMILES string of the molecule is COc1cccc(C2=N[C@H](C(C)C)CO2)c1. The van der Waals surface area contributed by atoms with Crippen molar-refractivity contribution >= 4 is 5.90 Å². The summed E-state index contributed by atoms with van der Waals surface area (Å²) in [6, 6.07) is 8.08. The number of hydrogen-bond acceptors (Lipinski definition) is 3. The van der Waals surface area contributed by atoms with Gasteiger partial charge in [0.1, 0.15) is 12.4 Å². The molecule has 3 heteroatoms. The van der Waals surface area contributed by atoms with E-state index in [0.29, 0.717) is 12.5 Å². The Bertz CT molecular complexity index is 399.